The minimum atomic E-state index is -3.61. The van der Waals surface area contributed by atoms with Crippen molar-refractivity contribution in [2.24, 2.45) is 7.05 Å². The van der Waals surface area contributed by atoms with E-state index in [9.17, 15) is 13.2 Å². The van der Waals surface area contributed by atoms with Gasteiger partial charge in [-0.3, -0.25) is 9.48 Å². The molecule has 0 radical (unpaired) electrons. The number of aromatic nitrogens is 4. The van der Waals surface area contributed by atoms with E-state index in [1.54, 1.807) is 13.1 Å². The molecule has 3 heterocycles. The van der Waals surface area contributed by atoms with Crippen LogP contribution in [0.5, 0.6) is 0 Å². The van der Waals surface area contributed by atoms with Crippen LogP contribution >= 0.6 is 0 Å². The molecule has 0 spiro atoms. The van der Waals surface area contributed by atoms with Gasteiger partial charge in [0.1, 0.15) is 4.90 Å². The van der Waals surface area contributed by atoms with Crippen LogP contribution in [0.1, 0.15) is 37.3 Å². The van der Waals surface area contributed by atoms with E-state index in [2.05, 4.69) is 10.2 Å². The molecule has 25 heavy (non-hydrogen) atoms. The third-order valence-electron chi connectivity index (χ3n) is 4.88. The fraction of sp³-hybridized carbons (Fsp3) is 0.562. The van der Waals surface area contributed by atoms with Crippen molar-refractivity contribution in [2.75, 3.05) is 6.54 Å². The first-order chi connectivity index (χ1) is 11.9. The van der Waals surface area contributed by atoms with Crippen molar-refractivity contribution in [3.05, 3.63) is 40.6 Å². The molecule has 8 nitrogen and oxygen atoms in total. The summed E-state index contributed by atoms with van der Waals surface area (Å²) in [5.74, 6) is 0.450. The normalized spacial score (nSPS) is 21.7. The highest BCUT2D eigenvalue weighted by Gasteiger charge is 2.36. The average Bonchev–Trinajstić information content (AvgIpc) is 3.15. The maximum atomic E-state index is 12.9. The van der Waals surface area contributed by atoms with E-state index in [1.807, 2.05) is 0 Å². The van der Waals surface area contributed by atoms with Crippen molar-refractivity contribution in [2.45, 2.75) is 49.1 Å². The summed E-state index contributed by atoms with van der Waals surface area (Å²) in [6.45, 7) is 0.748. The van der Waals surface area contributed by atoms with Gasteiger partial charge in [-0.15, -0.1) is 0 Å². The quantitative estimate of drug-likeness (QED) is 0.780. The van der Waals surface area contributed by atoms with Crippen LogP contribution in [0.2, 0.25) is 0 Å². The standard InChI is InChI=1S/C16H21N5O3S/c1-19-11-14(9-17-19)25(23,24)21-8-2-3-13(21)10-20-16(22)7-6-15(18-20)12-4-5-12/h6-7,9,11-13H,2-5,8,10H2,1H3. The predicted molar refractivity (Wildman–Crippen MR) is 90.6 cm³/mol. The predicted octanol–water partition coefficient (Wildman–Crippen LogP) is 0.707. The Kier molecular flexibility index (Phi) is 3.99. The summed E-state index contributed by atoms with van der Waals surface area (Å²) < 4.78 is 30.2. The summed E-state index contributed by atoms with van der Waals surface area (Å²) in [5.41, 5.74) is 0.745. The van der Waals surface area contributed by atoms with Crippen LogP contribution in [0, 0.1) is 0 Å². The molecule has 1 saturated heterocycles. The molecule has 1 saturated carbocycles. The van der Waals surface area contributed by atoms with Crippen molar-refractivity contribution >= 4 is 10.0 Å². The molecule has 2 aromatic rings. The highest BCUT2D eigenvalue weighted by Crippen LogP contribution is 2.38. The van der Waals surface area contributed by atoms with Crippen molar-refractivity contribution in [1.29, 1.82) is 0 Å². The molecule has 2 fully saturated rings. The Morgan fingerprint density at radius 1 is 1.24 bits per heavy atom. The summed E-state index contributed by atoms with van der Waals surface area (Å²) >= 11 is 0. The maximum absolute atomic E-state index is 12.9. The van der Waals surface area contributed by atoms with Crippen molar-refractivity contribution in [1.82, 2.24) is 23.9 Å². The molecular formula is C16H21N5O3S. The monoisotopic (exact) mass is 363 g/mol. The van der Waals surface area contributed by atoms with Crippen molar-refractivity contribution < 1.29 is 8.42 Å². The molecule has 4 rings (SSSR count). The van der Waals surface area contributed by atoms with Crippen molar-refractivity contribution in [3.8, 4) is 0 Å². The topological polar surface area (TPSA) is 90.1 Å². The van der Waals surface area contributed by atoms with Gasteiger partial charge in [-0.1, -0.05) is 0 Å². The Bertz CT molecular complexity index is 945. The van der Waals surface area contributed by atoms with Crippen LogP contribution in [0.3, 0.4) is 0 Å². The fourth-order valence-electron chi connectivity index (χ4n) is 3.37. The molecule has 0 bridgehead atoms. The largest absolute Gasteiger partial charge is 0.274 e. The second-order valence-electron chi connectivity index (χ2n) is 6.81. The zero-order chi connectivity index (χ0) is 17.6. The van der Waals surface area contributed by atoms with E-state index in [0.29, 0.717) is 19.0 Å². The molecule has 9 heteroatoms. The summed E-state index contributed by atoms with van der Waals surface area (Å²) in [6.07, 6.45) is 6.58. The molecule has 1 aliphatic carbocycles. The third kappa shape index (κ3) is 3.13. The zero-order valence-corrected chi connectivity index (χ0v) is 14.9. The van der Waals surface area contributed by atoms with Crippen LogP contribution in [0.15, 0.2) is 34.2 Å². The van der Waals surface area contributed by atoms with Gasteiger partial charge in [0.25, 0.3) is 5.56 Å². The van der Waals surface area contributed by atoms with Gasteiger partial charge in [0, 0.05) is 37.8 Å². The van der Waals surface area contributed by atoms with E-state index in [4.69, 9.17) is 0 Å². The Morgan fingerprint density at radius 2 is 2.04 bits per heavy atom. The lowest BCUT2D eigenvalue weighted by Crippen LogP contribution is -2.40. The first-order valence-electron chi connectivity index (χ1n) is 8.54. The lowest BCUT2D eigenvalue weighted by atomic mass is 10.2. The van der Waals surface area contributed by atoms with E-state index in [-0.39, 0.29) is 16.5 Å². The van der Waals surface area contributed by atoms with Crippen LogP contribution in [-0.4, -0.2) is 44.9 Å². The summed E-state index contributed by atoms with van der Waals surface area (Å²) in [4.78, 5) is 12.3. The molecule has 1 atom stereocenters. The zero-order valence-electron chi connectivity index (χ0n) is 14.1. The molecule has 0 N–H and O–H groups in total. The second-order valence-corrected chi connectivity index (χ2v) is 8.70. The summed E-state index contributed by atoms with van der Waals surface area (Å²) in [6, 6.07) is 3.06. The third-order valence-corrected chi connectivity index (χ3v) is 6.78. The number of hydrogen-bond donors (Lipinski definition) is 0. The number of hydrogen-bond acceptors (Lipinski definition) is 5. The highest BCUT2D eigenvalue weighted by molar-refractivity contribution is 7.89. The molecule has 0 amide bonds. The second kappa shape index (κ2) is 6.06. The molecule has 134 valence electrons. The van der Waals surface area contributed by atoms with Gasteiger partial charge in [0.05, 0.1) is 18.4 Å². The summed E-state index contributed by atoms with van der Waals surface area (Å²) in [7, 11) is -1.92. The maximum Gasteiger partial charge on any atom is 0.266 e. The van der Waals surface area contributed by atoms with Crippen LogP contribution < -0.4 is 5.56 Å². The van der Waals surface area contributed by atoms with E-state index >= 15 is 0 Å². The first-order valence-corrected chi connectivity index (χ1v) is 9.98. The molecular weight excluding hydrogens is 342 g/mol. The number of aryl methyl sites for hydroxylation is 1. The van der Waals surface area contributed by atoms with Crippen molar-refractivity contribution in [3.63, 3.8) is 0 Å². The summed E-state index contributed by atoms with van der Waals surface area (Å²) in [5, 5.41) is 8.42. The lowest BCUT2D eigenvalue weighted by molar-refractivity contribution is 0.334. The van der Waals surface area contributed by atoms with Gasteiger partial charge in [0.15, 0.2) is 0 Å². The molecule has 2 aliphatic rings. The Hall–Kier alpha value is -2.00. The van der Waals surface area contributed by atoms with Gasteiger partial charge in [-0.2, -0.15) is 14.5 Å². The van der Waals surface area contributed by atoms with Crippen LogP contribution in [-0.2, 0) is 23.6 Å². The van der Waals surface area contributed by atoms with Gasteiger partial charge >= 0.3 is 0 Å². The lowest BCUT2D eigenvalue weighted by Gasteiger charge is -2.23. The SMILES string of the molecule is Cn1cc(S(=O)(=O)N2CCCC2Cn2nc(C3CC3)ccc2=O)cn1. The van der Waals surface area contributed by atoms with E-state index in [1.165, 1.54) is 32.1 Å². The fourth-order valence-corrected chi connectivity index (χ4v) is 5.04. The van der Waals surface area contributed by atoms with Crippen LogP contribution in [0.25, 0.3) is 0 Å². The Labute approximate surface area is 146 Å². The minimum Gasteiger partial charge on any atom is -0.274 e. The van der Waals surface area contributed by atoms with E-state index in [0.717, 1.165) is 31.4 Å². The molecule has 1 unspecified atom stereocenters. The molecule has 2 aromatic heterocycles. The van der Waals surface area contributed by atoms with Gasteiger partial charge < -0.3 is 0 Å². The Balaban J connectivity index is 1.60. The van der Waals surface area contributed by atoms with Gasteiger partial charge in [-0.25, -0.2) is 13.1 Å². The smallest absolute Gasteiger partial charge is 0.266 e. The van der Waals surface area contributed by atoms with Crippen LogP contribution in [0.4, 0.5) is 0 Å². The minimum absolute atomic E-state index is 0.185. The number of rotatable bonds is 5. The number of sulfonamides is 1. The highest BCUT2D eigenvalue weighted by atomic mass is 32.2. The van der Waals surface area contributed by atoms with Gasteiger partial charge in [-0.05, 0) is 31.7 Å². The van der Waals surface area contributed by atoms with E-state index < -0.39 is 10.0 Å². The molecule has 0 aromatic carbocycles. The number of nitrogens with zero attached hydrogens (tertiary/aromatic N) is 5. The average molecular weight is 363 g/mol. The first kappa shape index (κ1) is 16.5. The van der Waals surface area contributed by atoms with Gasteiger partial charge in [0.2, 0.25) is 10.0 Å². The molecule has 1 aliphatic heterocycles. The Morgan fingerprint density at radius 3 is 2.72 bits per heavy atom.